The van der Waals surface area contributed by atoms with Crippen molar-refractivity contribution in [2.24, 2.45) is 16.8 Å². The van der Waals surface area contributed by atoms with E-state index >= 15 is 0 Å². The normalized spacial score (nSPS) is 32.6. The van der Waals surface area contributed by atoms with Gasteiger partial charge in [-0.1, -0.05) is 6.92 Å². The number of rotatable bonds is 5. The van der Waals surface area contributed by atoms with Crippen LogP contribution in [0.2, 0.25) is 0 Å². The lowest BCUT2D eigenvalue weighted by molar-refractivity contribution is 0.713. The summed E-state index contributed by atoms with van der Waals surface area (Å²) >= 11 is 2.09. The standard InChI is InChI=1S/C13H25N3S/c1-3-14-13(15-8-11-7-10(11)2)16-9-12-5-4-6-17-12/h10-12H,3-9H2,1-2H3,(H2,14,15,16). The third-order valence-electron chi connectivity index (χ3n) is 3.63. The lowest BCUT2D eigenvalue weighted by Crippen LogP contribution is -2.40. The summed E-state index contributed by atoms with van der Waals surface area (Å²) in [6, 6.07) is 0. The quantitative estimate of drug-likeness (QED) is 0.583. The summed E-state index contributed by atoms with van der Waals surface area (Å²) in [4.78, 5) is 4.67. The average Bonchev–Trinajstić information content (AvgIpc) is 2.82. The van der Waals surface area contributed by atoms with Crippen LogP contribution >= 0.6 is 11.8 Å². The predicted octanol–water partition coefficient (Wildman–Crippen LogP) is 2.09. The lowest BCUT2D eigenvalue weighted by atomic mass is 10.2. The Hall–Kier alpha value is -0.380. The molecule has 0 aromatic heterocycles. The van der Waals surface area contributed by atoms with Gasteiger partial charge in [-0.15, -0.1) is 0 Å². The van der Waals surface area contributed by atoms with Crippen molar-refractivity contribution < 1.29 is 0 Å². The number of thioether (sulfide) groups is 1. The molecule has 0 aromatic rings. The van der Waals surface area contributed by atoms with E-state index in [2.05, 4.69) is 41.2 Å². The summed E-state index contributed by atoms with van der Waals surface area (Å²) in [7, 11) is 0. The van der Waals surface area contributed by atoms with Gasteiger partial charge in [0, 0.05) is 24.9 Å². The first kappa shape index (κ1) is 13.1. The summed E-state index contributed by atoms with van der Waals surface area (Å²) in [6.45, 7) is 7.45. The van der Waals surface area contributed by atoms with Crippen molar-refractivity contribution >= 4 is 17.7 Å². The average molecular weight is 255 g/mol. The molecule has 3 unspecified atom stereocenters. The second-order valence-electron chi connectivity index (χ2n) is 5.21. The fourth-order valence-corrected chi connectivity index (χ4v) is 3.42. The van der Waals surface area contributed by atoms with E-state index in [0.29, 0.717) is 0 Å². The van der Waals surface area contributed by atoms with Crippen LogP contribution in [0.5, 0.6) is 0 Å². The predicted molar refractivity (Wildman–Crippen MR) is 76.7 cm³/mol. The number of guanidine groups is 1. The van der Waals surface area contributed by atoms with E-state index in [4.69, 9.17) is 0 Å². The van der Waals surface area contributed by atoms with Gasteiger partial charge in [0.1, 0.15) is 0 Å². The van der Waals surface area contributed by atoms with Gasteiger partial charge in [0.15, 0.2) is 5.96 Å². The zero-order chi connectivity index (χ0) is 12.1. The molecule has 1 aliphatic heterocycles. The van der Waals surface area contributed by atoms with Crippen molar-refractivity contribution in [2.45, 2.75) is 38.4 Å². The highest BCUT2D eigenvalue weighted by atomic mass is 32.2. The Morgan fingerprint density at radius 2 is 2.24 bits per heavy atom. The SMILES string of the molecule is CCNC(=NCC1CC1C)NCC1CCCS1. The van der Waals surface area contributed by atoms with Crippen LogP contribution in [0.4, 0.5) is 0 Å². The van der Waals surface area contributed by atoms with Crippen molar-refractivity contribution in [1.82, 2.24) is 10.6 Å². The van der Waals surface area contributed by atoms with E-state index in [1.165, 1.54) is 25.0 Å². The van der Waals surface area contributed by atoms with E-state index < -0.39 is 0 Å². The minimum atomic E-state index is 0.790. The maximum Gasteiger partial charge on any atom is 0.191 e. The first-order valence-corrected chi connectivity index (χ1v) is 7.98. The van der Waals surface area contributed by atoms with Crippen molar-refractivity contribution in [1.29, 1.82) is 0 Å². The number of hydrogen-bond acceptors (Lipinski definition) is 2. The van der Waals surface area contributed by atoms with Crippen LogP contribution in [0.25, 0.3) is 0 Å². The summed E-state index contributed by atoms with van der Waals surface area (Å²) in [5, 5.41) is 7.60. The van der Waals surface area contributed by atoms with Crippen molar-refractivity contribution in [3.63, 3.8) is 0 Å². The number of nitrogens with one attached hydrogen (secondary N) is 2. The summed E-state index contributed by atoms with van der Waals surface area (Å²) in [5.74, 6) is 4.08. The maximum absolute atomic E-state index is 4.67. The molecule has 2 rings (SSSR count). The van der Waals surface area contributed by atoms with Crippen LogP contribution in [0.15, 0.2) is 4.99 Å². The summed E-state index contributed by atoms with van der Waals surface area (Å²) in [6.07, 6.45) is 4.10. The first-order valence-electron chi connectivity index (χ1n) is 6.93. The molecule has 3 nitrogen and oxygen atoms in total. The highest BCUT2D eigenvalue weighted by molar-refractivity contribution is 8.00. The molecule has 1 saturated heterocycles. The van der Waals surface area contributed by atoms with Gasteiger partial charge in [-0.3, -0.25) is 4.99 Å². The molecule has 0 radical (unpaired) electrons. The van der Waals surface area contributed by atoms with Gasteiger partial charge in [0.2, 0.25) is 0 Å². The molecule has 2 N–H and O–H groups in total. The van der Waals surface area contributed by atoms with E-state index in [-0.39, 0.29) is 0 Å². The van der Waals surface area contributed by atoms with E-state index in [0.717, 1.165) is 42.7 Å². The Bertz CT molecular complexity index is 261. The highest BCUT2D eigenvalue weighted by Gasteiger charge is 2.31. The Kier molecular flexibility index (Phi) is 5.01. The molecule has 2 fully saturated rings. The second kappa shape index (κ2) is 6.53. The largest absolute Gasteiger partial charge is 0.357 e. The minimum absolute atomic E-state index is 0.790. The Labute approximate surface area is 109 Å². The molecule has 0 amide bonds. The zero-order valence-corrected chi connectivity index (χ0v) is 11.9. The molecular formula is C13H25N3S. The smallest absolute Gasteiger partial charge is 0.191 e. The Morgan fingerprint density at radius 3 is 2.82 bits per heavy atom. The summed E-state index contributed by atoms with van der Waals surface area (Å²) in [5.41, 5.74) is 0. The molecular weight excluding hydrogens is 230 g/mol. The molecule has 98 valence electrons. The zero-order valence-electron chi connectivity index (χ0n) is 11.0. The lowest BCUT2D eigenvalue weighted by Gasteiger charge is -2.14. The first-order chi connectivity index (χ1) is 8.29. The van der Waals surface area contributed by atoms with Crippen molar-refractivity contribution in [2.75, 3.05) is 25.4 Å². The fraction of sp³-hybridized carbons (Fsp3) is 0.923. The molecule has 0 aromatic carbocycles. The molecule has 1 heterocycles. The van der Waals surface area contributed by atoms with Crippen LogP contribution in [0, 0.1) is 11.8 Å². The number of hydrogen-bond donors (Lipinski definition) is 2. The second-order valence-corrected chi connectivity index (χ2v) is 6.62. The molecule has 1 aliphatic carbocycles. The van der Waals surface area contributed by atoms with Gasteiger partial charge in [0.25, 0.3) is 0 Å². The van der Waals surface area contributed by atoms with Gasteiger partial charge >= 0.3 is 0 Å². The van der Waals surface area contributed by atoms with Crippen LogP contribution < -0.4 is 10.6 Å². The highest BCUT2D eigenvalue weighted by Crippen LogP contribution is 2.37. The number of nitrogens with zero attached hydrogens (tertiary/aromatic N) is 1. The van der Waals surface area contributed by atoms with E-state index in [1.807, 2.05) is 0 Å². The van der Waals surface area contributed by atoms with Gasteiger partial charge < -0.3 is 10.6 Å². The molecule has 2 aliphatic rings. The van der Waals surface area contributed by atoms with E-state index in [9.17, 15) is 0 Å². The molecule has 4 heteroatoms. The number of aliphatic imine (C=N–C) groups is 1. The van der Waals surface area contributed by atoms with Crippen LogP contribution in [0.3, 0.4) is 0 Å². The van der Waals surface area contributed by atoms with Gasteiger partial charge in [-0.05, 0) is 43.8 Å². The molecule has 17 heavy (non-hydrogen) atoms. The third kappa shape index (κ3) is 4.41. The molecule has 1 saturated carbocycles. The minimum Gasteiger partial charge on any atom is -0.357 e. The Morgan fingerprint density at radius 1 is 1.41 bits per heavy atom. The van der Waals surface area contributed by atoms with E-state index in [1.54, 1.807) is 0 Å². The monoisotopic (exact) mass is 255 g/mol. The van der Waals surface area contributed by atoms with Gasteiger partial charge in [0.05, 0.1) is 0 Å². The van der Waals surface area contributed by atoms with Crippen LogP contribution in [-0.4, -0.2) is 36.6 Å². The molecule has 0 bridgehead atoms. The maximum atomic E-state index is 4.67. The third-order valence-corrected chi connectivity index (χ3v) is 5.02. The summed E-state index contributed by atoms with van der Waals surface area (Å²) < 4.78 is 0. The van der Waals surface area contributed by atoms with Gasteiger partial charge in [-0.2, -0.15) is 11.8 Å². The van der Waals surface area contributed by atoms with Crippen molar-refractivity contribution in [3.05, 3.63) is 0 Å². The fourth-order valence-electron chi connectivity index (χ4n) is 2.22. The molecule has 0 spiro atoms. The molecule has 3 atom stereocenters. The topological polar surface area (TPSA) is 36.4 Å². The van der Waals surface area contributed by atoms with Gasteiger partial charge in [-0.25, -0.2) is 0 Å². The van der Waals surface area contributed by atoms with Crippen molar-refractivity contribution in [3.8, 4) is 0 Å². The van der Waals surface area contributed by atoms with Crippen LogP contribution in [0.1, 0.15) is 33.1 Å². The van der Waals surface area contributed by atoms with Crippen LogP contribution in [-0.2, 0) is 0 Å². The Balaban J connectivity index is 1.70.